The molecule has 6 heteroatoms. The van der Waals surface area contributed by atoms with E-state index in [1.807, 2.05) is 30.3 Å². The molecule has 0 fully saturated rings. The van der Waals surface area contributed by atoms with Gasteiger partial charge in [0.2, 0.25) is 0 Å². The van der Waals surface area contributed by atoms with Crippen LogP contribution in [0, 0.1) is 0 Å². The first-order chi connectivity index (χ1) is 13.0. The second-order valence-electron chi connectivity index (χ2n) is 5.42. The maximum absolute atomic E-state index is 10.7. The fourth-order valence-corrected chi connectivity index (χ4v) is 3.15. The number of halogens is 1. The lowest BCUT2D eigenvalue weighted by atomic mass is 10.2. The molecular weight excluding hydrogens is 428 g/mol. The molecule has 0 radical (unpaired) electrons. The largest absolute Gasteiger partial charge is 0.478 e. The van der Waals surface area contributed by atoms with Crippen molar-refractivity contribution in [1.29, 1.82) is 0 Å². The molecule has 3 aromatic rings. The smallest absolute Gasteiger partial charge is 0.335 e. The standard InChI is InChI=1S/C14H12O2S.C7H5BrO2/c15-14(16)12-6-8-13(9-7-12)17-10-11-4-2-1-3-5-11;8-6-3-1-5(2-4-6)7(9)10/h1-9H,10H2,(H,15,16);1-4H,(H,9,10). The Morgan fingerprint density at radius 3 is 1.70 bits per heavy atom. The molecule has 0 bridgehead atoms. The first-order valence-corrected chi connectivity index (χ1v) is 9.72. The highest BCUT2D eigenvalue weighted by molar-refractivity contribution is 9.10. The van der Waals surface area contributed by atoms with Crippen molar-refractivity contribution in [3.8, 4) is 0 Å². The van der Waals surface area contributed by atoms with Gasteiger partial charge in [0.1, 0.15) is 0 Å². The molecule has 0 saturated carbocycles. The molecular formula is C21H17BrO4S. The zero-order chi connectivity index (χ0) is 19.6. The quantitative estimate of drug-likeness (QED) is 0.484. The normalized spacial score (nSPS) is 9.81. The number of hydrogen-bond donors (Lipinski definition) is 2. The van der Waals surface area contributed by atoms with Gasteiger partial charge in [-0.15, -0.1) is 11.8 Å². The number of carboxylic acid groups (broad SMARTS) is 2. The summed E-state index contributed by atoms with van der Waals surface area (Å²) in [6.45, 7) is 0. The summed E-state index contributed by atoms with van der Waals surface area (Å²) in [5.74, 6) is -0.884. The first kappa shape index (κ1) is 20.7. The molecule has 0 amide bonds. The van der Waals surface area contributed by atoms with E-state index in [1.54, 1.807) is 48.2 Å². The third-order valence-corrected chi connectivity index (χ3v) is 5.05. The maximum atomic E-state index is 10.7. The Kier molecular flexibility index (Phi) is 8.10. The van der Waals surface area contributed by atoms with Crippen LogP contribution >= 0.6 is 27.7 Å². The van der Waals surface area contributed by atoms with E-state index in [4.69, 9.17) is 10.2 Å². The van der Waals surface area contributed by atoms with Gasteiger partial charge in [0, 0.05) is 15.1 Å². The summed E-state index contributed by atoms with van der Waals surface area (Å²) in [5, 5.41) is 17.2. The summed E-state index contributed by atoms with van der Waals surface area (Å²) in [4.78, 5) is 22.1. The lowest BCUT2D eigenvalue weighted by molar-refractivity contribution is 0.0686. The first-order valence-electron chi connectivity index (χ1n) is 7.94. The van der Waals surface area contributed by atoms with Gasteiger partial charge in [-0.25, -0.2) is 9.59 Å². The molecule has 0 aliphatic carbocycles. The van der Waals surface area contributed by atoms with E-state index in [2.05, 4.69) is 28.1 Å². The van der Waals surface area contributed by atoms with E-state index in [0.717, 1.165) is 15.1 Å². The monoisotopic (exact) mass is 444 g/mol. The van der Waals surface area contributed by atoms with Crippen molar-refractivity contribution >= 4 is 39.6 Å². The van der Waals surface area contributed by atoms with Gasteiger partial charge in [0.05, 0.1) is 11.1 Å². The van der Waals surface area contributed by atoms with Crippen LogP contribution in [0.15, 0.2) is 88.2 Å². The lowest BCUT2D eigenvalue weighted by Gasteiger charge is -2.02. The number of hydrogen-bond acceptors (Lipinski definition) is 3. The summed E-state index contributed by atoms with van der Waals surface area (Å²) in [7, 11) is 0. The number of thioether (sulfide) groups is 1. The number of rotatable bonds is 5. The second kappa shape index (κ2) is 10.5. The Hall–Kier alpha value is -2.57. The molecule has 0 aliphatic heterocycles. The van der Waals surface area contributed by atoms with Crippen LogP contribution < -0.4 is 0 Å². The predicted octanol–water partition coefficient (Wildman–Crippen LogP) is 5.82. The topological polar surface area (TPSA) is 74.6 Å². The van der Waals surface area contributed by atoms with Crippen molar-refractivity contribution < 1.29 is 19.8 Å². The molecule has 2 N–H and O–H groups in total. The van der Waals surface area contributed by atoms with Gasteiger partial charge in [0.15, 0.2) is 0 Å². The number of benzene rings is 3. The highest BCUT2D eigenvalue weighted by Crippen LogP contribution is 2.22. The third-order valence-electron chi connectivity index (χ3n) is 3.44. The van der Waals surface area contributed by atoms with Crippen LogP contribution in [0.25, 0.3) is 0 Å². The van der Waals surface area contributed by atoms with Crippen molar-refractivity contribution in [2.75, 3.05) is 0 Å². The number of carbonyl (C=O) groups is 2. The Morgan fingerprint density at radius 2 is 1.22 bits per heavy atom. The fourth-order valence-electron chi connectivity index (χ4n) is 2.03. The zero-order valence-electron chi connectivity index (χ0n) is 14.2. The van der Waals surface area contributed by atoms with Crippen LogP contribution in [0.4, 0.5) is 0 Å². The Bertz CT molecular complexity index is 878. The number of carboxylic acids is 2. The maximum Gasteiger partial charge on any atom is 0.335 e. The van der Waals surface area contributed by atoms with Crippen molar-refractivity contribution in [1.82, 2.24) is 0 Å². The van der Waals surface area contributed by atoms with Crippen LogP contribution in [0.1, 0.15) is 26.3 Å². The highest BCUT2D eigenvalue weighted by atomic mass is 79.9. The minimum absolute atomic E-state index is 0.309. The third kappa shape index (κ3) is 7.29. The van der Waals surface area contributed by atoms with Gasteiger partial charge < -0.3 is 10.2 Å². The Labute approximate surface area is 170 Å². The van der Waals surface area contributed by atoms with E-state index >= 15 is 0 Å². The molecule has 0 aromatic heterocycles. The average molecular weight is 445 g/mol. The molecule has 0 spiro atoms. The van der Waals surface area contributed by atoms with Crippen LogP contribution in [0.3, 0.4) is 0 Å². The van der Waals surface area contributed by atoms with E-state index in [-0.39, 0.29) is 0 Å². The Morgan fingerprint density at radius 1 is 0.741 bits per heavy atom. The molecule has 27 heavy (non-hydrogen) atoms. The predicted molar refractivity (Wildman–Crippen MR) is 111 cm³/mol. The SMILES string of the molecule is O=C(O)c1ccc(Br)cc1.O=C(O)c1ccc(SCc2ccccc2)cc1. The van der Waals surface area contributed by atoms with Crippen LogP contribution in [0.2, 0.25) is 0 Å². The molecule has 138 valence electrons. The van der Waals surface area contributed by atoms with Gasteiger partial charge in [-0.2, -0.15) is 0 Å². The summed E-state index contributed by atoms with van der Waals surface area (Å²) in [6, 6.07) is 23.6. The van der Waals surface area contributed by atoms with E-state index < -0.39 is 11.9 Å². The van der Waals surface area contributed by atoms with Crippen molar-refractivity contribution in [3.63, 3.8) is 0 Å². The minimum atomic E-state index is -0.896. The van der Waals surface area contributed by atoms with E-state index in [0.29, 0.717) is 11.1 Å². The summed E-state index contributed by atoms with van der Waals surface area (Å²) >= 11 is 4.90. The van der Waals surface area contributed by atoms with Crippen LogP contribution in [-0.4, -0.2) is 22.2 Å². The van der Waals surface area contributed by atoms with Crippen LogP contribution in [0.5, 0.6) is 0 Å². The molecule has 4 nitrogen and oxygen atoms in total. The second-order valence-corrected chi connectivity index (χ2v) is 7.38. The van der Waals surface area contributed by atoms with Crippen LogP contribution in [-0.2, 0) is 5.75 Å². The minimum Gasteiger partial charge on any atom is -0.478 e. The van der Waals surface area contributed by atoms with Gasteiger partial charge >= 0.3 is 11.9 Å². The van der Waals surface area contributed by atoms with Gasteiger partial charge in [-0.05, 0) is 54.1 Å². The zero-order valence-corrected chi connectivity index (χ0v) is 16.6. The fraction of sp³-hybridized carbons (Fsp3) is 0.0476. The molecule has 0 unspecified atom stereocenters. The lowest BCUT2D eigenvalue weighted by Crippen LogP contribution is -1.94. The average Bonchev–Trinajstić information content (AvgIpc) is 2.68. The van der Waals surface area contributed by atoms with Crippen molar-refractivity contribution in [3.05, 3.63) is 100 Å². The summed E-state index contributed by atoms with van der Waals surface area (Å²) in [6.07, 6.45) is 0. The molecule has 3 aromatic carbocycles. The highest BCUT2D eigenvalue weighted by Gasteiger charge is 2.02. The van der Waals surface area contributed by atoms with Gasteiger partial charge in [-0.3, -0.25) is 0 Å². The molecule has 0 aliphatic rings. The Balaban J connectivity index is 0.000000223. The van der Waals surface area contributed by atoms with E-state index in [1.165, 1.54) is 5.56 Å². The molecule has 0 heterocycles. The van der Waals surface area contributed by atoms with Gasteiger partial charge in [-0.1, -0.05) is 46.3 Å². The summed E-state index contributed by atoms with van der Waals surface area (Å²) < 4.78 is 0.887. The van der Waals surface area contributed by atoms with Crippen molar-refractivity contribution in [2.45, 2.75) is 10.6 Å². The molecule has 0 saturated heterocycles. The summed E-state index contributed by atoms with van der Waals surface area (Å²) in [5.41, 5.74) is 1.90. The molecule has 3 rings (SSSR count). The van der Waals surface area contributed by atoms with E-state index in [9.17, 15) is 9.59 Å². The molecule has 0 atom stereocenters. The van der Waals surface area contributed by atoms with Crippen molar-refractivity contribution in [2.24, 2.45) is 0 Å². The number of aromatic carboxylic acids is 2. The van der Waals surface area contributed by atoms with Gasteiger partial charge in [0.25, 0.3) is 0 Å².